The highest BCUT2D eigenvalue weighted by Gasteiger charge is 2.12. The van der Waals surface area contributed by atoms with E-state index in [1.807, 2.05) is 0 Å². The highest BCUT2D eigenvalue weighted by molar-refractivity contribution is 5.60. The highest BCUT2D eigenvalue weighted by atomic mass is 16.5. The number of piperidine rings is 1. The lowest BCUT2D eigenvalue weighted by Crippen LogP contribution is -2.86. The highest BCUT2D eigenvalue weighted by Crippen LogP contribution is 2.00. The maximum atomic E-state index is 8.89. The third kappa shape index (κ3) is 7.50. The van der Waals surface area contributed by atoms with Gasteiger partial charge in [0.2, 0.25) is 0 Å². The van der Waals surface area contributed by atoms with Gasteiger partial charge < -0.3 is 20.0 Å². The van der Waals surface area contributed by atoms with Gasteiger partial charge in [-0.3, -0.25) is 0 Å². The number of methoxy groups -OCH3 is 1. The molecule has 1 aliphatic rings. The van der Waals surface area contributed by atoms with Gasteiger partial charge in [0, 0.05) is 25.9 Å². The van der Waals surface area contributed by atoms with E-state index < -0.39 is 5.97 Å². The zero-order chi connectivity index (χ0) is 9.40. The van der Waals surface area contributed by atoms with Crippen LogP contribution in [0.4, 0.5) is 0 Å². The molecule has 0 spiro atoms. The molecule has 4 heteroatoms. The molecule has 1 saturated heterocycles. The molecule has 1 aliphatic heterocycles. The SMILES string of the molecule is CC(=O)[O-].COC1CC[NH2+]CC1. The summed E-state index contributed by atoms with van der Waals surface area (Å²) in [6.07, 6.45) is 3.02. The summed E-state index contributed by atoms with van der Waals surface area (Å²) in [5, 5.41) is 11.2. The van der Waals surface area contributed by atoms with E-state index in [0.717, 1.165) is 6.92 Å². The summed E-state index contributed by atoms with van der Waals surface area (Å²) >= 11 is 0. The summed E-state index contributed by atoms with van der Waals surface area (Å²) in [4.78, 5) is 8.89. The average molecular weight is 175 g/mol. The lowest BCUT2D eigenvalue weighted by molar-refractivity contribution is -0.665. The Hall–Kier alpha value is -0.610. The van der Waals surface area contributed by atoms with E-state index in [1.54, 1.807) is 7.11 Å². The fourth-order valence-corrected chi connectivity index (χ4v) is 1.13. The first-order valence-corrected chi connectivity index (χ1v) is 4.19. The van der Waals surface area contributed by atoms with Gasteiger partial charge >= 0.3 is 0 Å². The van der Waals surface area contributed by atoms with Crippen molar-refractivity contribution in [3.8, 4) is 0 Å². The van der Waals surface area contributed by atoms with Gasteiger partial charge in [-0.15, -0.1) is 0 Å². The molecule has 0 aromatic carbocycles. The molecule has 1 rings (SSSR count). The topological polar surface area (TPSA) is 66.0 Å². The van der Waals surface area contributed by atoms with Crippen LogP contribution in [-0.4, -0.2) is 32.3 Å². The van der Waals surface area contributed by atoms with Crippen LogP contribution in [0.25, 0.3) is 0 Å². The van der Waals surface area contributed by atoms with Gasteiger partial charge in [0.1, 0.15) is 0 Å². The number of carbonyl (C=O) groups excluding carboxylic acids is 1. The number of nitrogens with two attached hydrogens (primary N) is 1. The molecule has 0 aromatic rings. The normalized spacial score (nSPS) is 17.8. The predicted octanol–water partition coefficient (Wildman–Crippen LogP) is -1.89. The van der Waals surface area contributed by atoms with Gasteiger partial charge in [-0.2, -0.15) is 0 Å². The van der Waals surface area contributed by atoms with Gasteiger partial charge in [0.05, 0.1) is 19.2 Å². The van der Waals surface area contributed by atoms with Gasteiger partial charge in [-0.25, -0.2) is 0 Å². The van der Waals surface area contributed by atoms with Crippen LogP contribution in [0.5, 0.6) is 0 Å². The Morgan fingerprint density at radius 3 is 2.17 bits per heavy atom. The van der Waals surface area contributed by atoms with Crippen LogP contribution in [0.1, 0.15) is 19.8 Å². The molecule has 12 heavy (non-hydrogen) atoms. The first-order chi connectivity index (χ1) is 5.66. The largest absolute Gasteiger partial charge is 0.550 e. The Morgan fingerprint density at radius 2 is 1.92 bits per heavy atom. The third-order valence-electron chi connectivity index (χ3n) is 1.72. The number of carboxylic acid groups (broad SMARTS) is 1. The molecule has 1 heterocycles. The zero-order valence-corrected chi connectivity index (χ0v) is 7.71. The molecular weight excluding hydrogens is 158 g/mol. The first-order valence-electron chi connectivity index (χ1n) is 4.19. The van der Waals surface area contributed by atoms with E-state index in [-0.39, 0.29) is 0 Å². The molecule has 0 bridgehead atoms. The van der Waals surface area contributed by atoms with E-state index in [0.29, 0.717) is 6.10 Å². The van der Waals surface area contributed by atoms with Gasteiger partial charge in [-0.05, 0) is 6.92 Å². The number of quaternary nitrogens is 1. The third-order valence-corrected chi connectivity index (χ3v) is 1.72. The van der Waals surface area contributed by atoms with Crippen molar-refractivity contribution >= 4 is 5.97 Å². The van der Waals surface area contributed by atoms with Crippen LogP contribution in [0.15, 0.2) is 0 Å². The monoisotopic (exact) mass is 175 g/mol. The zero-order valence-electron chi connectivity index (χ0n) is 7.71. The predicted molar refractivity (Wildman–Crippen MR) is 42.4 cm³/mol. The molecule has 0 aliphatic carbocycles. The van der Waals surface area contributed by atoms with E-state index >= 15 is 0 Å². The number of carboxylic acids is 1. The summed E-state index contributed by atoms with van der Waals surface area (Å²) in [7, 11) is 1.80. The van der Waals surface area contributed by atoms with Crippen molar-refractivity contribution in [1.82, 2.24) is 0 Å². The molecule has 72 valence electrons. The standard InChI is InChI=1S/C6H13NO.C2H4O2/c1-8-6-2-4-7-5-3-6;1-2(3)4/h6-7H,2-5H2,1H3;1H3,(H,3,4). The van der Waals surface area contributed by atoms with Crippen molar-refractivity contribution in [3.05, 3.63) is 0 Å². The Labute approximate surface area is 72.9 Å². The van der Waals surface area contributed by atoms with E-state index in [4.69, 9.17) is 14.6 Å². The minimum Gasteiger partial charge on any atom is -0.550 e. The molecular formula is C8H17NO3. The average Bonchev–Trinajstić information content (AvgIpc) is 2.05. The lowest BCUT2D eigenvalue weighted by Gasteiger charge is -2.17. The number of hydrogen-bond acceptors (Lipinski definition) is 3. The van der Waals surface area contributed by atoms with E-state index in [9.17, 15) is 0 Å². The summed E-state index contributed by atoms with van der Waals surface area (Å²) in [5.74, 6) is -1.08. The quantitative estimate of drug-likeness (QED) is 0.507. The second kappa shape index (κ2) is 7.06. The van der Waals surface area contributed by atoms with Gasteiger partial charge in [0.15, 0.2) is 0 Å². The maximum absolute atomic E-state index is 8.89. The van der Waals surface area contributed by atoms with Crippen molar-refractivity contribution in [2.45, 2.75) is 25.9 Å². The van der Waals surface area contributed by atoms with Crippen molar-refractivity contribution < 1.29 is 20.0 Å². The van der Waals surface area contributed by atoms with Crippen LogP contribution in [0.2, 0.25) is 0 Å². The molecule has 4 nitrogen and oxygen atoms in total. The molecule has 0 atom stereocenters. The number of aliphatic carboxylic acids is 1. The van der Waals surface area contributed by atoms with Crippen molar-refractivity contribution in [1.29, 1.82) is 0 Å². The van der Waals surface area contributed by atoms with Crippen LogP contribution >= 0.6 is 0 Å². The van der Waals surface area contributed by atoms with E-state index in [2.05, 4.69) is 5.32 Å². The van der Waals surface area contributed by atoms with Crippen molar-refractivity contribution in [2.24, 2.45) is 0 Å². The van der Waals surface area contributed by atoms with Crippen LogP contribution < -0.4 is 10.4 Å². The van der Waals surface area contributed by atoms with E-state index in [1.165, 1.54) is 25.9 Å². The van der Waals surface area contributed by atoms with Gasteiger partial charge in [-0.1, -0.05) is 0 Å². The summed E-state index contributed by atoms with van der Waals surface area (Å²) in [6, 6.07) is 0. The molecule has 0 unspecified atom stereocenters. The number of ether oxygens (including phenoxy) is 1. The minimum absolute atomic E-state index is 0.556. The molecule has 0 saturated carbocycles. The Bertz CT molecular complexity index is 117. The molecule has 0 amide bonds. The fourth-order valence-electron chi connectivity index (χ4n) is 1.13. The van der Waals surface area contributed by atoms with Crippen molar-refractivity contribution in [2.75, 3.05) is 20.2 Å². The van der Waals surface area contributed by atoms with Crippen LogP contribution in [-0.2, 0) is 9.53 Å². The molecule has 2 N–H and O–H groups in total. The molecule has 0 radical (unpaired) electrons. The smallest absolute Gasteiger partial charge is 0.0780 e. The number of carbonyl (C=O) groups is 1. The number of hydrogen-bond donors (Lipinski definition) is 1. The lowest BCUT2D eigenvalue weighted by atomic mass is 10.1. The second-order valence-electron chi connectivity index (χ2n) is 2.79. The minimum atomic E-state index is -1.08. The molecule has 0 aromatic heterocycles. The summed E-state index contributed by atoms with van der Waals surface area (Å²) in [6.45, 7) is 3.47. The number of rotatable bonds is 1. The summed E-state index contributed by atoms with van der Waals surface area (Å²) in [5.41, 5.74) is 0. The van der Waals surface area contributed by atoms with Crippen LogP contribution in [0, 0.1) is 0 Å². The summed E-state index contributed by atoms with van der Waals surface area (Å²) < 4.78 is 5.17. The molecule has 1 fully saturated rings. The Morgan fingerprint density at radius 1 is 1.50 bits per heavy atom. The van der Waals surface area contributed by atoms with Gasteiger partial charge in [0.25, 0.3) is 0 Å². The first kappa shape index (κ1) is 11.4. The second-order valence-corrected chi connectivity index (χ2v) is 2.79. The Balaban J connectivity index is 0.000000261. The van der Waals surface area contributed by atoms with Crippen molar-refractivity contribution in [3.63, 3.8) is 0 Å². The van der Waals surface area contributed by atoms with Crippen LogP contribution in [0.3, 0.4) is 0 Å². The maximum Gasteiger partial charge on any atom is 0.0780 e. The Kier molecular flexibility index (Phi) is 6.70. The fraction of sp³-hybridized carbons (Fsp3) is 0.875.